The standard InChI is InChI=1S/C13H20BrN3O2/c14-11-5-4-8-17(10-11)13(19)15-9-12(18)16-6-2-1-3-7-16/h5H,1-4,6-10H2,(H,15,19). The zero-order chi connectivity index (χ0) is 13.7. The molecule has 0 spiro atoms. The van der Waals surface area contributed by atoms with Crippen molar-refractivity contribution in [2.45, 2.75) is 25.7 Å². The maximum atomic E-state index is 11.9. The lowest BCUT2D eigenvalue weighted by atomic mass is 10.1. The van der Waals surface area contributed by atoms with E-state index in [4.69, 9.17) is 0 Å². The first-order chi connectivity index (χ1) is 9.16. The summed E-state index contributed by atoms with van der Waals surface area (Å²) in [5.74, 6) is 0.0275. The van der Waals surface area contributed by atoms with Crippen molar-refractivity contribution in [2.24, 2.45) is 0 Å². The smallest absolute Gasteiger partial charge is 0.318 e. The number of amides is 3. The van der Waals surface area contributed by atoms with Crippen LogP contribution in [0.5, 0.6) is 0 Å². The molecule has 6 heteroatoms. The molecule has 1 N–H and O–H groups in total. The van der Waals surface area contributed by atoms with Crippen molar-refractivity contribution in [3.05, 3.63) is 10.6 Å². The minimum atomic E-state index is -0.157. The summed E-state index contributed by atoms with van der Waals surface area (Å²) in [4.78, 5) is 27.4. The van der Waals surface area contributed by atoms with Crippen molar-refractivity contribution in [1.29, 1.82) is 0 Å². The molecule has 19 heavy (non-hydrogen) atoms. The fourth-order valence-corrected chi connectivity index (χ4v) is 2.93. The minimum absolute atomic E-state index is 0.0275. The molecule has 0 radical (unpaired) electrons. The highest BCUT2D eigenvalue weighted by Crippen LogP contribution is 2.14. The number of urea groups is 1. The molecule has 1 fully saturated rings. The summed E-state index contributed by atoms with van der Waals surface area (Å²) in [5.41, 5.74) is 0. The molecule has 0 aliphatic carbocycles. The van der Waals surface area contributed by atoms with E-state index in [1.54, 1.807) is 4.90 Å². The number of piperidine rings is 1. The van der Waals surface area contributed by atoms with Crippen LogP contribution < -0.4 is 5.32 Å². The Hall–Kier alpha value is -1.04. The Morgan fingerprint density at radius 3 is 2.58 bits per heavy atom. The number of likely N-dealkylation sites (tertiary alicyclic amines) is 1. The van der Waals surface area contributed by atoms with Crippen LogP contribution in [0, 0.1) is 0 Å². The van der Waals surface area contributed by atoms with Gasteiger partial charge in [0.05, 0.1) is 13.1 Å². The second-order valence-electron chi connectivity index (χ2n) is 4.96. The van der Waals surface area contributed by atoms with Gasteiger partial charge in [-0.3, -0.25) is 4.79 Å². The fraction of sp³-hybridized carbons (Fsp3) is 0.692. The van der Waals surface area contributed by atoms with Gasteiger partial charge in [-0.1, -0.05) is 22.0 Å². The topological polar surface area (TPSA) is 52.7 Å². The maximum absolute atomic E-state index is 11.9. The lowest BCUT2D eigenvalue weighted by molar-refractivity contribution is -0.130. The van der Waals surface area contributed by atoms with E-state index in [2.05, 4.69) is 27.3 Å². The van der Waals surface area contributed by atoms with Gasteiger partial charge < -0.3 is 15.1 Å². The Morgan fingerprint density at radius 1 is 1.16 bits per heavy atom. The van der Waals surface area contributed by atoms with Crippen molar-refractivity contribution < 1.29 is 9.59 Å². The van der Waals surface area contributed by atoms with Crippen molar-refractivity contribution in [1.82, 2.24) is 15.1 Å². The molecular weight excluding hydrogens is 310 g/mol. The second-order valence-corrected chi connectivity index (χ2v) is 5.98. The third-order valence-electron chi connectivity index (χ3n) is 3.49. The van der Waals surface area contributed by atoms with Crippen LogP contribution >= 0.6 is 15.9 Å². The SMILES string of the molecule is O=C(CNC(=O)N1CCC=C(Br)C1)N1CCCCC1. The predicted molar refractivity (Wildman–Crippen MR) is 77.0 cm³/mol. The van der Waals surface area contributed by atoms with Crippen LogP contribution in [0.1, 0.15) is 25.7 Å². The summed E-state index contributed by atoms with van der Waals surface area (Å²) in [6, 6.07) is -0.157. The Balaban J connectivity index is 1.73. The zero-order valence-electron chi connectivity index (χ0n) is 11.0. The van der Waals surface area contributed by atoms with Gasteiger partial charge in [0.2, 0.25) is 5.91 Å². The van der Waals surface area contributed by atoms with Crippen LogP contribution in [0.25, 0.3) is 0 Å². The lowest BCUT2D eigenvalue weighted by Crippen LogP contribution is -2.47. The van der Waals surface area contributed by atoms with Gasteiger partial charge in [0, 0.05) is 24.1 Å². The van der Waals surface area contributed by atoms with E-state index in [9.17, 15) is 9.59 Å². The molecule has 1 saturated heterocycles. The summed E-state index contributed by atoms with van der Waals surface area (Å²) in [6.07, 6.45) is 6.27. The number of hydrogen-bond donors (Lipinski definition) is 1. The first-order valence-corrected chi connectivity index (χ1v) is 7.61. The normalized spacial score (nSPS) is 19.9. The monoisotopic (exact) mass is 329 g/mol. The van der Waals surface area contributed by atoms with Gasteiger partial charge in [-0.25, -0.2) is 4.79 Å². The number of nitrogens with zero attached hydrogens (tertiary/aromatic N) is 2. The molecule has 0 aromatic carbocycles. The highest BCUT2D eigenvalue weighted by atomic mass is 79.9. The maximum Gasteiger partial charge on any atom is 0.318 e. The third kappa shape index (κ3) is 4.23. The number of carbonyl (C=O) groups is 2. The van der Waals surface area contributed by atoms with Crippen molar-refractivity contribution in [3.8, 4) is 0 Å². The first-order valence-electron chi connectivity index (χ1n) is 6.82. The van der Waals surface area contributed by atoms with Gasteiger partial charge in [-0.2, -0.15) is 0 Å². The summed E-state index contributed by atoms with van der Waals surface area (Å²) >= 11 is 3.40. The van der Waals surface area contributed by atoms with Crippen LogP contribution in [0.15, 0.2) is 10.6 Å². The number of carbonyl (C=O) groups excluding carboxylic acids is 2. The molecule has 2 rings (SSSR count). The number of hydrogen-bond acceptors (Lipinski definition) is 2. The van der Waals surface area contributed by atoms with Gasteiger partial charge in [-0.05, 0) is 25.7 Å². The summed E-state index contributed by atoms with van der Waals surface area (Å²) in [5, 5.41) is 2.72. The Bertz CT molecular complexity index is 378. The van der Waals surface area contributed by atoms with Crippen LogP contribution in [-0.4, -0.2) is 54.5 Å². The second kappa shape index (κ2) is 6.93. The average Bonchev–Trinajstić information content (AvgIpc) is 2.45. The fourth-order valence-electron chi connectivity index (χ4n) is 2.39. The van der Waals surface area contributed by atoms with Gasteiger partial charge in [0.25, 0.3) is 0 Å². The average molecular weight is 330 g/mol. The molecule has 2 aliphatic rings. The molecule has 2 aliphatic heterocycles. The first kappa shape index (κ1) is 14.4. The number of rotatable bonds is 2. The van der Waals surface area contributed by atoms with Crippen LogP contribution in [0.3, 0.4) is 0 Å². The highest BCUT2D eigenvalue weighted by Gasteiger charge is 2.20. The van der Waals surface area contributed by atoms with Crippen molar-refractivity contribution >= 4 is 27.9 Å². The van der Waals surface area contributed by atoms with Crippen molar-refractivity contribution in [3.63, 3.8) is 0 Å². The van der Waals surface area contributed by atoms with Gasteiger partial charge in [-0.15, -0.1) is 0 Å². The quantitative estimate of drug-likeness (QED) is 0.838. The molecule has 3 amide bonds. The molecule has 0 bridgehead atoms. The van der Waals surface area contributed by atoms with Crippen molar-refractivity contribution in [2.75, 3.05) is 32.7 Å². The molecule has 0 aromatic heterocycles. The van der Waals surface area contributed by atoms with Crippen LogP contribution in [0.2, 0.25) is 0 Å². The summed E-state index contributed by atoms with van der Waals surface area (Å²) in [6.45, 7) is 3.05. The minimum Gasteiger partial charge on any atom is -0.341 e. The lowest BCUT2D eigenvalue weighted by Gasteiger charge is -2.28. The Kier molecular flexibility index (Phi) is 5.24. The zero-order valence-corrected chi connectivity index (χ0v) is 12.6. The van der Waals surface area contributed by atoms with Crippen LogP contribution in [-0.2, 0) is 4.79 Å². The molecule has 0 aromatic rings. The van der Waals surface area contributed by atoms with E-state index >= 15 is 0 Å². The van der Waals surface area contributed by atoms with E-state index < -0.39 is 0 Å². The van der Waals surface area contributed by atoms with E-state index in [0.717, 1.165) is 36.8 Å². The van der Waals surface area contributed by atoms with Gasteiger partial charge >= 0.3 is 6.03 Å². The molecule has 0 unspecified atom stereocenters. The van der Waals surface area contributed by atoms with E-state index in [-0.39, 0.29) is 18.5 Å². The summed E-state index contributed by atoms with van der Waals surface area (Å²) < 4.78 is 1.02. The number of halogens is 1. The molecule has 5 nitrogen and oxygen atoms in total. The molecular formula is C13H20BrN3O2. The van der Waals surface area contributed by atoms with Gasteiger partial charge in [0.1, 0.15) is 0 Å². The van der Waals surface area contributed by atoms with E-state index in [1.165, 1.54) is 6.42 Å². The molecule has 106 valence electrons. The molecule has 0 atom stereocenters. The molecule has 2 heterocycles. The van der Waals surface area contributed by atoms with Gasteiger partial charge in [0.15, 0.2) is 0 Å². The summed E-state index contributed by atoms with van der Waals surface area (Å²) in [7, 11) is 0. The number of nitrogens with one attached hydrogen (secondary N) is 1. The van der Waals surface area contributed by atoms with E-state index in [0.29, 0.717) is 13.1 Å². The van der Waals surface area contributed by atoms with Crippen LogP contribution in [0.4, 0.5) is 4.79 Å². The third-order valence-corrected chi connectivity index (χ3v) is 4.07. The van der Waals surface area contributed by atoms with E-state index in [1.807, 2.05) is 4.90 Å². The highest BCUT2D eigenvalue weighted by molar-refractivity contribution is 9.11. The predicted octanol–water partition coefficient (Wildman–Crippen LogP) is 1.69. The Labute approximate surface area is 122 Å². The largest absolute Gasteiger partial charge is 0.341 e. The Morgan fingerprint density at radius 2 is 1.89 bits per heavy atom. The molecule has 0 saturated carbocycles.